The molecule has 2 aromatic heterocycles. The molecule has 0 spiro atoms. The van der Waals surface area contributed by atoms with Crippen LogP contribution in [0.25, 0.3) is 10.9 Å². The van der Waals surface area contributed by atoms with E-state index in [4.69, 9.17) is 4.42 Å². The van der Waals surface area contributed by atoms with Gasteiger partial charge in [-0.05, 0) is 49.7 Å². The number of aryl methyl sites for hydroxylation is 2. The van der Waals surface area contributed by atoms with Gasteiger partial charge in [0.2, 0.25) is 11.8 Å². The summed E-state index contributed by atoms with van der Waals surface area (Å²) in [5, 5.41) is 19.5. The molecule has 4 atom stereocenters. The maximum Gasteiger partial charge on any atom is 0.358 e. The summed E-state index contributed by atoms with van der Waals surface area (Å²) >= 11 is 0. The van der Waals surface area contributed by atoms with Crippen molar-refractivity contribution in [2.24, 2.45) is 18.9 Å². The highest BCUT2D eigenvalue weighted by Gasteiger charge is 2.30. The Morgan fingerprint density at radius 1 is 1.18 bits per heavy atom. The van der Waals surface area contributed by atoms with Crippen LogP contribution in [0, 0.1) is 18.8 Å². The number of nitrogens with zero attached hydrogens (tertiary/aromatic N) is 2. The maximum atomic E-state index is 13.7. The molecular formula is C30H41N5O5. The Hall–Kier alpha value is -3.82. The lowest BCUT2D eigenvalue weighted by Gasteiger charge is -2.29. The Balaban J connectivity index is 1.57. The average Bonchev–Trinajstić information content (AvgIpc) is 3.43. The molecule has 10 nitrogen and oxygen atoms in total. The van der Waals surface area contributed by atoms with Crippen molar-refractivity contribution in [3.05, 3.63) is 53.4 Å². The second kappa shape index (κ2) is 12.6. The molecule has 40 heavy (non-hydrogen) atoms. The van der Waals surface area contributed by atoms with Gasteiger partial charge in [0.05, 0.1) is 0 Å². The molecule has 4 rings (SSSR count). The third kappa shape index (κ3) is 7.03. The van der Waals surface area contributed by atoms with Gasteiger partial charge in [0.15, 0.2) is 5.69 Å². The smallest absolute Gasteiger partial charge is 0.358 e. The summed E-state index contributed by atoms with van der Waals surface area (Å²) in [5.74, 6) is -0.596. The lowest BCUT2D eigenvalue weighted by Crippen LogP contribution is -2.53. The van der Waals surface area contributed by atoms with Gasteiger partial charge in [0, 0.05) is 36.6 Å². The van der Waals surface area contributed by atoms with Crippen molar-refractivity contribution in [3.8, 4) is 0 Å². The van der Waals surface area contributed by atoms with E-state index in [0.717, 1.165) is 35.7 Å². The fourth-order valence-corrected chi connectivity index (χ4v) is 5.70. The highest BCUT2D eigenvalue weighted by Crippen LogP contribution is 2.27. The first-order chi connectivity index (χ1) is 19.0. The number of aromatic carboxylic acids is 1. The first kappa shape index (κ1) is 29.2. The van der Waals surface area contributed by atoms with Crippen LogP contribution < -0.4 is 16.0 Å². The number of fused-ring (bicyclic) bond motifs is 1. The number of para-hydroxylation sites is 1. The fraction of sp³-hybridized carbons (Fsp3) is 0.533. The second-order valence-corrected chi connectivity index (χ2v) is 11.6. The second-order valence-electron chi connectivity index (χ2n) is 11.6. The van der Waals surface area contributed by atoms with E-state index >= 15 is 0 Å². The molecule has 4 N–H and O–H groups in total. The summed E-state index contributed by atoms with van der Waals surface area (Å²) < 4.78 is 7.78. The van der Waals surface area contributed by atoms with Crippen molar-refractivity contribution in [1.82, 2.24) is 25.5 Å². The summed E-state index contributed by atoms with van der Waals surface area (Å²) in [6.45, 7) is 7.72. The van der Waals surface area contributed by atoms with Gasteiger partial charge in [-0.15, -0.1) is 0 Å². The van der Waals surface area contributed by atoms with E-state index in [1.807, 2.05) is 55.9 Å². The third-order valence-corrected chi connectivity index (χ3v) is 7.63. The van der Waals surface area contributed by atoms with Crippen LogP contribution in [0.3, 0.4) is 0 Å². The van der Waals surface area contributed by atoms with E-state index in [1.54, 1.807) is 0 Å². The minimum Gasteiger partial charge on any atom is -0.476 e. The lowest BCUT2D eigenvalue weighted by atomic mass is 9.87. The Morgan fingerprint density at radius 3 is 2.60 bits per heavy atom. The SMILES string of the molecule is Cc1oc([C@@H](Cc2cn(C)c3ccccc23)NC(=O)C(CC(C)C)NC(=O)NC2CCCC(C)C2)nc1C(=O)O. The topological polar surface area (TPSA) is 138 Å². The van der Waals surface area contributed by atoms with E-state index in [-0.39, 0.29) is 41.2 Å². The molecule has 1 aliphatic carbocycles. The number of benzene rings is 1. The largest absolute Gasteiger partial charge is 0.476 e. The third-order valence-electron chi connectivity index (χ3n) is 7.63. The molecule has 0 saturated heterocycles. The lowest BCUT2D eigenvalue weighted by molar-refractivity contribution is -0.124. The summed E-state index contributed by atoms with van der Waals surface area (Å²) in [5.41, 5.74) is 1.80. The molecule has 2 heterocycles. The predicted octanol–water partition coefficient (Wildman–Crippen LogP) is 4.87. The Morgan fingerprint density at radius 2 is 1.93 bits per heavy atom. The number of rotatable bonds is 10. The molecule has 0 radical (unpaired) electrons. The first-order valence-corrected chi connectivity index (χ1v) is 14.1. The number of carboxylic acids is 1. The number of carboxylic acid groups (broad SMARTS) is 1. The van der Waals surface area contributed by atoms with Crippen LogP contribution in [0.1, 0.15) is 86.6 Å². The number of hydrogen-bond acceptors (Lipinski definition) is 5. The van der Waals surface area contributed by atoms with Crippen molar-refractivity contribution in [1.29, 1.82) is 0 Å². The summed E-state index contributed by atoms with van der Waals surface area (Å²) in [6, 6.07) is 6.13. The van der Waals surface area contributed by atoms with Crippen molar-refractivity contribution in [2.75, 3.05) is 0 Å². The number of carbonyl (C=O) groups is 3. The van der Waals surface area contributed by atoms with Crippen molar-refractivity contribution in [2.45, 2.75) is 84.3 Å². The van der Waals surface area contributed by atoms with Gasteiger partial charge in [0.25, 0.3) is 0 Å². The zero-order valence-electron chi connectivity index (χ0n) is 24.0. The van der Waals surface area contributed by atoms with Gasteiger partial charge < -0.3 is 30.0 Å². The first-order valence-electron chi connectivity index (χ1n) is 14.1. The van der Waals surface area contributed by atoms with Crippen LogP contribution in [0.15, 0.2) is 34.9 Å². The number of urea groups is 1. The van der Waals surface area contributed by atoms with Gasteiger partial charge in [-0.25, -0.2) is 14.6 Å². The quantitative estimate of drug-likeness (QED) is 0.284. The number of aromatic nitrogens is 2. The number of amides is 3. The molecular weight excluding hydrogens is 510 g/mol. The number of nitrogens with one attached hydrogen (secondary N) is 3. The Kier molecular flexibility index (Phi) is 9.17. The van der Waals surface area contributed by atoms with Gasteiger partial charge >= 0.3 is 12.0 Å². The molecule has 10 heteroatoms. The molecule has 3 aromatic rings. The molecule has 3 amide bonds. The minimum absolute atomic E-state index is 0.0929. The molecule has 216 valence electrons. The number of oxazole rings is 1. The number of carbonyl (C=O) groups excluding carboxylic acids is 2. The molecule has 1 aliphatic rings. The fourth-order valence-electron chi connectivity index (χ4n) is 5.70. The van der Waals surface area contributed by atoms with Gasteiger partial charge in [0.1, 0.15) is 17.8 Å². The summed E-state index contributed by atoms with van der Waals surface area (Å²) in [4.78, 5) is 42.5. The Labute approximate surface area is 234 Å². The summed E-state index contributed by atoms with van der Waals surface area (Å²) in [7, 11) is 1.95. The van der Waals surface area contributed by atoms with Crippen LogP contribution in [-0.2, 0) is 18.3 Å². The van der Waals surface area contributed by atoms with E-state index in [2.05, 4.69) is 27.9 Å². The highest BCUT2D eigenvalue weighted by molar-refractivity contribution is 5.88. The average molecular weight is 552 g/mol. The molecule has 0 aliphatic heterocycles. The molecule has 3 unspecified atom stereocenters. The molecule has 1 saturated carbocycles. The van der Waals surface area contributed by atoms with Crippen molar-refractivity contribution >= 4 is 28.8 Å². The maximum absolute atomic E-state index is 13.7. The van der Waals surface area contributed by atoms with Gasteiger partial charge in [-0.3, -0.25) is 4.79 Å². The van der Waals surface area contributed by atoms with Crippen LogP contribution in [0.4, 0.5) is 4.79 Å². The van der Waals surface area contributed by atoms with E-state index < -0.39 is 18.1 Å². The standard InChI is InChI=1S/C30H41N5O5/c1-17(2)13-23(33-30(39)31-21-10-8-9-18(3)14-21)27(36)32-24(28-34-26(29(37)38)19(4)40-28)15-20-16-35(5)25-12-7-6-11-22(20)25/h6-7,11-12,16-18,21,23-24H,8-10,13-15H2,1-5H3,(H,32,36)(H,37,38)(H2,31,33,39)/t18?,21?,23?,24-/m1/s1. The van der Waals surface area contributed by atoms with Crippen molar-refractivity contribution < 1.29 is 23.9 Å². The normalized spacial score (nSPS) is 18.9. The van der Waals surface area contributed by atoms with Crippen LogP contribution >= 0.6 is 0 Å². The van der Waals surface area contributed by atoms with Gasteiger partial charge in [-0.1, -0.05) is 51.8 Å². The zero-order chi connectivity index (χ0) is 29.0. The highest BCUT2D eigenvalue weighted by atomic mass is 16.4. The molecule has 1 aromatic carbocycles. The van der Waals surface area contributed by atoms with Crippen LogP contribution in [-0.4, -0.2) is 44.6 Å². The van der Waals surface area contributed by atoms with E-state index in [9.17, 15) is 19.5 Å². The van der Waals surface area contributed by atoms with Gasteiger partial charge in [-0.2, -0.15) is 0 Å². The number of hydrogen-bond donors (Lipinski definition) is 4. The summed E-state index contributed by atoms with van der Waals surface area (Å²) in [6.07, 6.45) is 6.85. The Bertz CT molecular complexity index is 1360. The molecule has 1 fully saturated rings. The minimum atomic E-state index is -1.20. The molecule has 0 bridgehead atoms. The van der Waals surface area contributed by atoms with E-state index in [1.165, 1.54) is 13.3 Å². The van der Waals surface area contributed by atoms with E-state index in [0.29, 0.717) is 18.8 Å². The monoisotopic (exact) mass is 551 g/mol. The predicted molar refractivity (Wildman–Crippen MR) is 152 cm³/mol. The zero-order valence-corrected chi connectivity index (χ0v) is 24.0. The van der Waals surface area contributed by atoms with Crippen molar-refractivity contribution in [3.63, 3.8) is 0 Å². The van der Waals surface area contributed by atoms with Crippen LogP contribution in [0.2, 0.25) is 0 Å². The van der Waals surface area contributed by atoms with Crippen LogP contribution in [0.5, 0.6) is 0 Å².